The van der Waals surface area contributed by atoms with Crippen molar-refractivity contribution < 1.29 is 14.7 Å². The van der Waals surface area contributed by atoms with Crippen LogP contribution in [0.3, 0.4) is 0 Å². The Labute approximate surface area is 112 Å². The van der Waals surface area contributed by atoms with Gasteiger partial charge in [-0.2, -0.15) is 0 Å². The molecule has 102 valence electrons. The molecule has 1 aromatic rings. The van der Waals surface area contributed by atoms with E-state index in [-0.39, 0.29) is 6.42 Å². The fourth-order valence-electron chi connectivity index (χ4n) is 2.19. The van der Waals surface area contributed by atoms with Crippen LogP contribution in [0, 0.1) is 6.92 Å². The number of hydrogen-bond acceptors (Lipinski definition) is 3. The zero-order valence-corrected chi connectivity index (χ0v) is 10.9. The molecule has 0 bridgehead atoms. The second-order valence-electron chi connectivity index (χ2n) is 4.95. The van der Waals surface area contributed by atoms with Gasteiger partial charge >= 0.3 is 5.97 Å². The lowest BCUT2D eigenvalue weighted by molar-refractivity contribution is -0.136. The number of hydrogen-bond donors (Lipinski definition) is 2. The quantitative estimate of drug-likeness (QED) is 0.814. The number of nitrogens with zero attached hydrogens (tertiary/aromatic N) is 1. The second-order valence-corrected chi connectivity index (χ2v) is 4.95. The van der Waals surface area contributed by atoms with E-state index in [1.807, 2.05) is 24.0 Å². The minimum absolute atomic E-state index is 0.0582. The van der Waals surface area contributed by atoms with E-state index >= 15 is 0 Å². The summed E-state index contributed by atoms with van der Waals surface area (Å²) in [5.41, 5.74) is 7.65. The summed E-state index contributed by atoms with van der Waals surface area (Å²) in [6.07, 6.45) is 2.13. The van der Waals surface area contributed by atoms with Crippen LogP contribution >= 0.6 is 0 Å². The molecule has 0 atom stereocenters. The molecule has 1 saturated carbocycles. The smallest absolute Gasteiger partial charge is 0.305 e. The molecule has 1 aliphatic rings. The van der Waals surface area contributed by atoms with Gasteiger partial charge in [0.25, 0.3) is 5.91 Å². The molecule has 0 radical (unpaired) electrons. The zero-order chi connectivity index (χ0) is 14.0. The SMILES string of the molecule is Cc1ccc(C(N)=O)c(N(CCC(=O)O)C2CC2)c1. The molecule has 0 aromatic heterocycles. The summed E-state index contributed by atoms with van der Waals surface area (Å²) in [6.45, 7) is 2.35. The minimum atomic E-state index is -0.834. The van der Waals surface area contributed by atoms with Crippen molar-refractivity contribution in [2.24, 2.45) is 5.73 Å². The predicted molar refractivity (Wildman–Crippen MR) is 72.3 cm³/mol. The first kappa shape index (κ1) is 13.4. The minimum Gasteiger partial charge on any atom is -0.481 e. The van der Waals surface area contributed by atoms with E-state index in [1.54, 1.807) is 6.07 Å². The van der Waals surface area contributed by atoms with Crippen molar-refractivity contribution in [2.75, 3.05) is 11.4 Å². The Morgan fingerprint density at radius 3 is 2.63 bits per heavy atom. The van der Waals surface area contributed by atoms with E-state index in [0.29, 0.717) is 18.2 Å². The van der Waals surface area contributed by atoms with Crippen molar-refractivity contribution in [3.63, 3.8) is 0 Å². The van der Waals surface area contributed by atoms with Crippen LogP contribution in [0.5, 0.6) is 0 Å². The highest BCUT2D eigenvalue weighted by Gasteiger charge is 2.31. The number of anilines is 1. The largest absolute Gasteiger partial charge is 0.481 e. The van der Waals surface area contributed by atoms with Gasteiger partial charge in [-0.1, -0.05) is 6.07 Å². The van der Waals surface area contributed by atoms with E-state index in [4.69, 9.17) is 10.8 Å². The third-order valence-electron chi connectivity index (χ3n) is 3.28. The predicted octanol–water partition coefficient (Wildman–Crippen LogP) is 1.54. The summed E-state index contributed by atoms with van der Waals surface area (Å²) < 4.78 is 0. The number of nitrogens with two attached hydrogens (primary N) is 1. The summed E-state index contributed by atoms with van der Waals surface area (Å²) >= 11 is 0. The standard InChI is InChI=1S/C14H18N2O3/c1-9-2-5-11(14(15)19)12(8-9)16(10-3-4-10)7-6-13(17)18/h2,5,8,10H,3-4,6-7H2,1H3,(H2,15,19)(H,17,18). The van der Waals surface area contributed by atoms with Gasteiger partial charge in [0.2, 0.25) is 0 Å². The first-order valence-corrected chi connectivity index (χ1v) is 6.38. The number of amides is 1. The van der Waals surface area contributed by atoms with Gasteiger partial charge < -0.3 is 15.7 Å². The number of rotatable bonds is 6. The van der Waals surface area contributed by atoms with E-state index in [1.165, 1.54) is 0 Å². The highest BCUT2D eigenvalue weighted by Crippen LogP contribution is 2.34. The number of carboxylic acids is 1. The van der Waals surface area contributed by atoms with Gasteiger partial charge in [0.15, 0.2) is 0 Å². The molecule has 1 aromatic carbocycles. The third-order valence-corrected chi connectivity index (χ3v) is 3.28. The van der Waals surface area contributed by atoms with Crippen LogP contribution in [0.15, 0.2) is 18.2 Å². The molecule has 0 spiro atoms. The first-order valence-electron chi connectivity index (χ1n) is 6.38. The Balaban J connectivity index is 2.32. The molecule has 1 amide bonds. The van der Waals surface area contributed by atoms with E-state index in [9.17, 15) is 9.59 Å². The summed E-state index contributed by atoms with van der Waals surface area (Å²) in [4.78, 5) is 24.2. The molecule has 0 unspecified atom stereocenters. The Kier molecular flexibility index (Phi) is 3.74. The lowest BCUT2D eigenvalue weighted by atomic mass is 10.1. The molecule has 1 fully saturated rings. The first-order chi connectivity index (χ1) is 8.99. The van der Waals surface area contributed by atoms with Gasteiger partial charge in [0.05, 0.1) is 17.7 Å². The molecule has 3 N–H and O–H groups in total. The monoisotopic (exact) mass is 262 g/mol. The van der Waals surface area contributed by atoms with Crippen molar-refractivity contribution in [3.05, 3.63) is 29.3 Å². The molecule has 19 heavy (non-hydrogen) atoms. The summed E-state index contributed by atoms with van der Waals surface area (Å²) in [7, 11) is 0. The average Bonchev–Trinajstić information content (AvgIpc) is 3.13. The van der Waals surface area contributed by atoms with E-state index in [0.717, 1.165) is 24.1 Å². The lowest BCUT2D eigenvalue weighted by Crippen LogP contribution is -2.30. The van der Waals surface area contributed by atoms with E-state index in [2.05, 4.69) is 0 Å². The Bertz CT molecular complexity index is 509. The van der Waals surface area contributed by atoms with Gasteiger partial charge in [0, 0.05) is 12.6 Å². The highest BCUT2D eigenvalue weighted by molar-refractivity contribution is 5.99. The fourth-order valence-corrected chi connectivity index (χ4v) is 2.19. The van der Waals surface area contributed by atoms with Crippen LogP contribution in [0.25, 0.3) is 0 Å². The molecule has 0 aliphatic heterocycles. The molecule has 5 heteroatoms. The maximum Gasteiger partial charge on any atom is 0.305 e. The van der Waals surface area contributed by atoms with Crippen molar-refractivity contribution in [1.29, 1.82) is 0 Å². The number of carboxylic acid groups (broad SMARTS) is 1. The molecule has 0 heterocycles. The number of benzene rings is 1. The van der Waals surface area contributed by atoms with Crippen molar-refractivity contribution in [3.8, 4) is 0 Å². The summed E-state index contributed by atoms with van der Waals surface area (Å²) in [6, 6.07) is 5.79. The van der Waals surface area contributed by atoms with Crippen molar-refractivity contribution in [2.45, 2.75) is 32.2 Å². The van der Waals surface area contributed by atoms with Crippen LogP contribution in [-0.4, -0.2) is 29.6 Å². The van der Waals surface area contributed by atoms with Gasteiger partial charge in [-0.25, -0.2) is 0 Å². The molecule has 2 rings (SSSR count). The molecule has 1 aliphatic carbocycles. The Morgan fingerprint density at radius 2 is 2.11 bits per heavy atom. The molecule has 0 saturated heterocycles. The molecular weight excluding hydrogens is 244 g/mol. The van der Waals surface area contributed by atoms with E-state index < -0.39 is 11.9 Å². The average molecular weight is 262 g/mol. The Hall–Kier alpha value is -2.04. The lowest BCUT2D eigenvalue weighted by Gasteiger charge is -2.26. The van der Waals surface area contributed by atoms with Gasteiger partial charge in [0.1, 0.15) is 0 Å². The van der Waals surface area contributed by atoms with Crippen LogP contribution < -0.4 is 10.6 Å². The van der Waals surface area contributed by atoms with Crippen LogP contribution in [-0.2, 0) is 4.79 Å². The number of aliphatic carboxylic acids is 1. The third kappa shape index (κ3) is 3.24. The number of aryl methyl sites for hydroxylation is 1. The summed E-state index contributed by atoms with van der Waals surface area (Å²) in [5, 5.41) is 8.83. The van der Waals surface area contributed by atoms with Gasteiger partial charge in [-0.3, -0.25) is 9.59 Å². The van der Waals surface area contributed by atoms with Crippen LogP contribution in [0.1, 0.15) is 35.2 Å². The zero-order valence-electron chi connectivity index (χ0n) is 10.9. The topological polar surface area (TPSA) is 83.6 Å². The number of carbonyl (C=O) groups excluding carboxylic acids is 1. The number of carbonyl (C=O) groups is 2. The maximum atomic E-state index is 11.5. The number of primary amides is 1. The highest BCUT2D eigenvalue weighted by atomic mass is 16.4. The van der Waals surface area contributed by atoms with Crippen molar-refractivity contribution >= 4 is 17.6 Å². The normalized spacial score (nSPS) is 14.2. The van der Waals surface area contributed by atoms with Crippen molar-refractivity contribution in [1.82, 2.24) is 0 Å². The molecule has 5 nitrogen and oxygen atoms in total. The summed E-state index contributed by atoms with van der Waals surface area (Å²) in [5.74, 6) is -1.31. The van der Waals surface area contributed by atoms with Crippen LogP contribution in [0.4, 0.5) is 5.69 Å². The van der Waals surface area contributed by atoms with Gasteiger partial charge in [-0.15, -0.1) is 0 Å². The molecular formula is C14H18N2O3. The Morgan fingerprint density at radius 1 is 1.42 bits per heavy atom. The van der Waals surface area contributed by atoms with Gasteiger partial charge in [-0.05, 0) is 37.5 Å². The van der Waals surface area contributed by atoms with Crippen LogP contribution in [0.2, 0.25) is 0 Å². The fraction of sp³-hybridized carbons (Fsp3) is 0.429. The second kappa shape index (κ2) is 5.30. The maximum absolute atomic E-state index is 11.5.